The SMILES string of the molecule is CCC1CNC(C)(C2CC2)CN1CC1CCN(C)C1. The predicted octanol–water partition coefficient (Wildman–Crippen LogP) is 1.79. The van der Waals surface area contributed by atoms with E-state index in [0.717, 1.165) is 17.9 Å². The molecule has 1 saturated carbocycles. The number of nitrogens with one attached hydrogen (secondary N) is 1. The summed E-state index contributed by atoms with van der Waals surface area (Å²) in [6.07, 6.45) is 5.58. The average molecular weight is 265 g/mol. The van der Waals surface area contributed by atoms with Crippen LogP contribution in [0.5, 0.6) is 0 Å². The highest BCUT2D eigenvalue weighted by Crippen LogP contribution is 2.41. The summed E-state index contributed by atoms with van der Waals surface area (Å²) in [5.74, 6) is 1.85. The summed E-state index contributed by atoms with van der Waals surface area (Å²) in [6, 6.07) is 0.762. The largest absolute Gasteiger partial charge is 0.308 e. The molecule has 2 saturated heterocycles. The van der Waals surface area contributed by atoms with Gasteiger partial charge in [-0.1, -0.05) is 6.92 Å². The first-order valence-electron chi connectivity index (χ1n) is 8.28. The van der Waals surface area contributed by atoms with Crippen LogP contribution in [0.2, 0.25) is 0 Å². The number of hydrogen-bond donors (Lipinski definition) is 1. The van der Waals surface area contributed by atoms with Crippen molar-refractivity contribution in [2.75, 3.05) is 39.8 Å². The lowest BCUT2D eigenvalue weighted by Gasteiger charge is -2.47. The molecule has 3 fully saturated rings. The molecule has 3 rings (SSSR count). The summed E-state index contributed by atoms with van der Waals surface area (Å²) in [5, 5.41) is 3.87. The van der Waals surface area contributed by atoms with Crippen LogP contribution < -0.4 is 5.32 Å². The highest BCUT2D eigenvalue weighted by atomic mass is 15.3. The molecule has 1 N–H and O–H groups in total. The smallest absolute Gasteiger partial charge is 0.0309 e. The van der Waals surface area contributed by atoms with Crippen molar-refractivity contribution in [3.8, 4) is 0 Å². The Morgan fingerprint density at radius 1 is 1.26 bits per heavy atom. The highest BCUT2D eigenvalue weighted by Gasteiger charge is 2.46. The zero-order valence-electron chi connectivity index (χ0n) is 13.0. The zero-order valence-corrected chi connectivity index (χ0v) is 13.0. The van der Waals surface area contributed by atoms with E-state index in [1.807, 2.05) is 0 Å². The molecule has 0 amide bonds. The molecule has 2 heterocycles. The van der Waals surface area contributed by atoms with Gasteiger partial charge in [0.2, 0.25) is 0 Å². The third-order valence-electron chi connectivity index (χ3n) is 5.72. The number of hydrogen-bond acceptors (Lipinski definition) is 3. The lowest BCUT2D eigenvalue weighted by Crippen LogP contribution is -2.64. The van der Waals surface area contributed by atoms with Crippen LogP contribution >= 0.6 is 0 Å². The lowest BCUT2D eigenvalue weighted by atomic mass is 9.89. The van der Waals surface area contributed by atoms with Crippen molar-refractivity contribution >= 4 is 0 Å². The maximum atomic E-state index is 3.87. The third kappa shape index (κ3) is 2.98. The fourth-order valence-corrected chi connectivity index (χ4v) is 4.20. The molecule has 1 aliphatic carbocycles. The van der Waals surface area contributed by atoms with Crippen LogP contribution in [0.25, 0.3) is 0 Å². The van der Waals surface area contributed by atoms with Crippen LogP contribution in [0.15, 0.2) is 0 Å². The fraction of sp³-hybridized carbons (Fsp3) is 1.00. The molecule has 3 heteroatoms. The number of rotatable bonds is 4. The van der Waals surface area contributed by atoms with Crippen molar-refractivity contribution in [3.05, 3.63) is 0 Å². The monoisotopic (exact) mass is 265 g/mol. The van der Waals surface area contributed by atoms with Gasteiger partial charge < -0.3 is 10.2 Å². The van der Waals surface area contributed by atoms with Crippen LogP contribution in [-0.4, -0.2) is 61.2 Å². The van der Waals surface area contributed by atoms with Crippen molar-refractivity contribution < 1.29 is 0 Å². The Kier molecular flexibility index (Phi) is 3.89. The van der Waals surface area contributed by atoms with Crippen LogP contribution in [0, 0.1) is 11.8 Å². The molecule has 0 aromatic rings. The maximum absolute atomic E-state index is 3.87. The molecule has 19 heavy (non-hydrogen) atoms. The van der Waals surface area contributed by atoms with Gasteiger partial charge in [-0.15, -0.1) is 0 Å². The second-order valence-electron chi connectivity index (χ2n) is 7.48. The fourth-order valence-electron chi connectivity index (χ4n) is 4.20. The Hall–Kier alpha value is -0.120. The van der Waals surface area contributed by atoms with Crippen molar-refractivity contribution in [2.24, 2.45) is 11.8 Å². The third-order valence-corrected chi connectivity index (χ3v) is 5.72. The van der Waals surface area contributed by atoms with E-state index in [1.165, 1.54) is 58.4 Å². The van der Waals surface area contributed by atoms with Gasteiger partial charge in [-0.05, 0) is 58.0 Å². The molecule has 3 atom stereocenters. The summed E-state index contributed by atoms with van der Waals surface area (Å²) in [6.45, 7) is 11.2. The minimum atomic E-state index is 0.399. The molecular weight excluding hydrogens is 234 g/mol. The molecular formula is C16H31N3. The van der Waals surface area contributed by atoms with Crippen LogP contribution in [0.1, 0.15) is 39.5 Å². The number of nitrogens with zero attached hydrogens (tertiary/aromatic N) is 2. The van der Waals surface area contributed by atoms with Gasteiger partial charge in [0.25, 0.3) is 0 Å². The first-order chi connectivity index (χ1) is 9.10. The Labute approximate surface area is 118 Å². The average Bonchev–Trinajstić information content (AvgIpc) is 3.16. The molecule has 3 unspecified atom stereocenters. The molecule has 110 valence electrons. The van der Waals surface area contributed by atoms with E-state index < -0.39 is 0 Å². The van der Waals surface area contributed by atoms with Crippen molar-refractivity contribution in [3.63, 3.8) is 0 Å². The predicted molar refractivity (Wildman–Crippen MR) is 80.4 cm³/mol. The molecule has 0 radical (unpaired) electrons. The van der Waals surface area contributed by atoms with Crippen LogP contribution in [-0.2, 0) is 0 Å². The van der Waals surface area contributed by atoms with Gasteiger partial charge in [0, 0.05) is 37.8 Å². The topological polar surface area (TPSA) is 18.5 Å². The van der Waals surface area contributed by atoms with E-state index in [2.05, 4.69) is 36.0 Å². The maximum Gasteiger partial charge on any atom is 0.0309 e. The van der Waals surface area contributed by atoms with Crippen molar-refractivity contribution in [1.29, 1.82) is 0 Å². The lowest BCUT2D eigenvalue weighted by molar-refractivity contribution is 0.0604. The minimum Gasteiger partial charge on any atom is -0.308 e. The molecule has 2 aliphatic heterocycles. The van der Waals surface area contributed by atoms with Gasteiger partial charge in [-0.25, -0.2) is 0 Å². The molecule has 0 spiro atoms. The summed E-state index contributed by atoms with van der Waals surface area (Å²) >= 11 is 0. The normalized spacial score (nSPS) is 41.8. The second kappa shape index (κ2) is 5.34. The molecule has 0 aromatic heterocycles. The van der Waals surface area contributed by atoms with Gasteiger partial charge in [0.05, 0.1) is 0 Å². The minimum absolute atomic E-state index is 0.399. The molecule has 0 bridgehead atoms. The molecule has 3 nitrogen and oxygen atoms in total. The van der Waals surface area contributed by atoms with Gasteiger partial charge in [-0.3, -0.25) is 4.90 Å². The van der Waals surface area contributed by atoms with E-state index in [4.69, 9.17) is 0 Å². The standard InChI is InChI=1S/C16H31N3/c1-4-15-9-17-16(2,14-5-6-14)12-19(15)11-13-7-8-18(3)10-13/h13-15,17H,4-12H2,1-3H3. The Morgan fingerprint density at radius 3 is 2.63 bits per heavy atom. The van der Waals surface area contributed by atoms with Crippen molar-refractivity contribution in [1.82, 2.24) is 15.1 Å². The van der Waals surface area contributed by atoms with E-state index in [-0.39, 0.29) is 0 Å². The quantitative estimate of drug-likeness (QED) is 0.836. The number of piperazine rings is 1. The van der Waals surface area contributed by atoms with Crippen LogP contribution in [0.3, 0.4) is 0 Å². The molecule has 3 aliphatic rings. The van der Waals surface area contributed by atoms with Crippen LogP contribution in [0.4, 0.5) is 0 Å². The van der Waals surface area contributed by atoms with E-state index in [9.17, 15) is 0 Å². The van der Waals surface area contributed by atoms with E-state index in [1.54, 1.807) is 0 Å². The Bertz CT molecular complexity index is 315. The van der Waals surface area contributed by atoms with Crippen molar-refractivity contribution in [2.45, 2.75) is 51.1 Å². The van der Waals surface area contributed by atoms with Gasteiger partial charge in [0.15, 0.2) is 0 Å². The Balaban J connectivity index is 1.62. The first-order valence-corrected chi connectivity index (χ1v) is 8.28. The summed E-state index contributed by atoms with van der Waals surface area (Å²) in [4.78, 5) is 5.31. The Morgan fingerprint density at radius 2 is 2.05 bits per heavy atom. The molecule has 0 aromatic carbocycles. The zero-order chi connectivity index (χ0) is 13.5. The summed E-state index contributed by atoms with van der Waals surface area (Å²) in [5.41, 5.74) is 0.399. The highest BCUT2D eigenvalue weighted by molar-refractivity contribution is 5.04. The van der Waals surface area contributed by atoms with E-state index >= 15 is 0 Å². The van der Waals surface area contributed by atoms with Gasteiger partial charge >= 0.3 is 0 Å². The van der Waals surface area contributed by atoms with Gasteiger partial charge in [0.1, 0.15) is 0 Å². The second-order valence-corrected chi connectivity index (χ2v) is 7.48. The van der Waals surface area contributed by atoms with E-state index in [0.29, 0.717) is 5.54 Å². The number of likely N-dealkylation sites (tertiary alicyclic amines) is 1. The summed E-state index contributed by atoms with van der Waals surface area (Å²) in [7, 11) is 2.27. The van der Waals surface area contributed by atoms with Gasteiger partial charge in [-0.2, -0.15) is 0 Å². The summed E-state index contributed by atoms with van der Waals surface area (Å²) < 4.78 is 0. The first kappa shape index (κ1) is 13.8.